The molecule has 2 aromatic rings. The summed E-state index contributed by atoms with van der Waals surface area (Å²) in [6, 6.07) is 6.96. The first-order valence-corrected chi connectivity index (χ1v) is 7.86. The highest BCUT2D eigenvalue weighted by molar-refractivity contribution is 6.01. The van der Waals surface area contributed by atoms with E-state index in [9.17, 15) is 9.59 Å². The molecule has 0 bridgehead atoms. The minimum absolute atomic E-state index is 0. The smallest absolute Gasteiger partial charge is 0.324 e. The SMILES string of the molecule is Cl.NC1(c2noc(-c3ccc(CN4C(=O)CNC4=O)cc3)n2)CCC1. The maximum absolute atomic E-state index is 11.6. The molecule has 2 aliphatic rings. The van der Waals surface area contributed by atoms with Crippen LogP contribution in [0.1, 0.15) is 30.7 Å². The van der Waals surface area contributed by atoms with E-state index in [-0.39, 0.29) is 37.4 Å². The van der Waals surface area contributed by atoms with Gasteiger partial charge in [0.2, 0.25) is 5.91 Å². The molecule has 9 heteroatoms. The van der Waals surface area contributed by atoms with Crippen LogP contribution in [0.5, 0.6) is 0 Å². The molecule has 4 rings (SSSR count). The fraction of sp³-hybridized carbons (Fsp3) is 0.375. The van der Waals surface area contributed by atoms with Crippen LogP contribution in [0.15, 0.2) is 28.8 Å². The average Bonchev–Trinajstić information content (AvgIpc) is 3.16. The number of amides is 3. The third kappa shape index (κ3) is 3.10. The molecule has 0 atom stereocenters. The average molecular weight is 364 g/mol. The van der Waals surface area contributed by atoms with Gasteiger partial charge in [0, 0.05) is 5.56 Å². The molecular weight excluding hydrogens is 346 g/mol. The van der Waals surface area contributed by atoms with Crippen LogP contribution >= 0.6 is 12.4 Å². The number of carbonyl (C=O) groups excluding carboxylic acids is 2. The largest absolute Gasteiger partial charge is 0.334 e. The van der Waals surface area contributed by atoms with Gasteiger partial charge in [0.15, 0.2) is 5.82 Å². The van der Waals surface area contributed by atoms with Gasteiger partial charge in [-0.25, -0.2) is 4.79 Å². The molecule has 1 saturated heterocycles. The van der Waals surface area contributed by atoms with Gasteiger partial charge in [-0.05, 0) is 37.0 Å². The summed E-state index contributed by atoms with van der Waals surface area (Å²) in [4.78, 5) is 28.8. The molecular formula is C16H18ClN5O3. The highest BCUT2D eigenvalue weighted by atomic mass is 35.5. The van der Waals surface area contributed by atoms with Crippen molar-refractivity contribution in [3.8, 4) is 11.5 Å². The molecule has 0 spiro atoms. The summed E-state index contributed by atoms with van der Waals surface area (Å²) in [5, 5.41) is 6.49. The summed E-state index contributed by atoms with van der Waals surface area (Å²) >= 11 is 0. The van der Waals surface area contributed by atoms with Gasteiger partial charge in [0.05, 0.1) is 18.6 Å². The van der Waals surface area contributed by atoms with E-state index in [1.54, 1.807) is 0 Å². The Bertz CT molecular complexity index is 784. The Hall–Kier alpha value is -2.45. The molecule has 132 valence electrons. The molecule has 2 fully saturated rings. The van der Waals surface area contributed by atoms with Crippen LogP contribution < -0.4 is 11.1 Å². The quantitative estimate of drug-likeness (QED) is 0.796. The molecule has 3 N–H and O–H groups in total. The molecule has 3 amide bonds. The number of carbonyl (C=O) groups is 2. The fourth-order valence-electron chi connectivity index (χ4n) is 2.87. The van der Waals surface area contributed by atoms with Crippen LogP contribution in [0.4, 0.5) is 4.79 Å². The lowest BCUT2D eigenvalue weighted by Crippen LogP contribution is -2.44. The van der Waals surface area contributed by atoms with E-state index in [2.05, 4.69) is 15.5 Å². The second kappa shape index (κ2) is 6.45. The van der Waals surface area contributed by atoms with Gasteiger partial charge in [-0.3, -0.25) is 9.69 Å². The van der Waals surface area contributed by atoms with Crippen molar-refractivity contribution in [2.45, 2.75) is 31.3 Å². The van der Waals surface area contributed by atoms with Crippen molar-refractivity contribution in [3.05, 3.63) is 35.7 Å². The van der Waals surface area contributed by atoms with Crippen molar-refractivity contribution in [1.82, 2.24) is 20.4 Å². The first-order valence-electron chi connectivity index (χ1n) is 7.86. The predicted molar refractivity (Wildman–Crippen MR) is 90.6 cm³/mol. The van der Waals surface area contributed by atoms with Crippen molar-refractivity contribution in [1.29, 1.82) is 0 Å². The Labute approximate surface area is 150 Å². The maximum atomic E-state index is 11.6. The highest BCUT2D eigenvalue weighted by Crippen LogP contribution is 2.37. The lowest BCUT2D eigenvalue weighted by atomic mass is 9.77. The number of imide groups is 1. The number of hydrogen-bond acceptors (Lipinski definition) is 6. The predicted octanol–water partition coefficient (Wildman–Crippen LogP) is 1.55. The van der Waals surface area contributed by atoms with Gasteiger partial charge in [0.1, 0.15) is 0 Å². The zero-order valence-electron chi connectivity index (χ0n) is 13.4. The van der Waals surface area contributed by atoms with Crippen molar-refractivity contribution < 1.29 is 14.1 Å². The van der Waals surface area contributed by atoms with Gasteiger partial charge < -0.3 is 15.6 Å². The van der Waals surface area contributed by atoms with Crippen LogP contribution in [-0.2, 0) is 16.9 Å². The summed E-state index contributed by atoms with van der Waals surface area (Å²) < 4.78 is 5.31. The summed E-state index contributed by atoms with van der Waals surface area (Å²) in [7, 11) is 0. The van der Waals surface area contributed by atoms with E-state index in [0.29, 0.717) is 11.7 Å². The van der Waals surface area contributed by atoms with Crippen molar-refractivity contribution in [2.24, 2.45) is 5.73 Å². The third-order valence-electron chi connectivity index (χ3n) is 4.60. The molecule has 1 aliphatic carbocycles. The molecule has 1 aliphatic heterocycles. The van der Waals surface area contributed by atoms with Crippen molar-refractivity contribution >= 4 is 24.3 Å². The van der Waals surface area contributed by atoms with Gasteiger partial charge in [0.25, 0.3) is 5.89 Å². The molecule has 1 aromatic carbocycles. The second-order valence-electron chi connectivity index (χ2n) is 6.27. The zero-order chi connectivity index (χ0) is 16.7. The summed E-state index contributed by atoms with van der Waals surface area (Å²) in [6.45, 7) is 0.300. The van der Waals surface area contributed by atoms with E-state index >= 15 is 0 Å². The first-order chi connectivity index (χ1) is 11.5. The molecule has 1 aromatic heterocycles. The number of rotatable bonds is 4. The van der Waals surface area contributed by atoms with E-state index < -0.39 is 5.54 Å². The Kier molecular flexibility index (Phi) is 4.49. The van der Waals surface area contributed by atoms with Crippen LogP contribution in [0.25, 0.3) is 11.5 Å². The summed E-state index contributed by atoms with van der Waals surface area (Å²) in [6.07, 6.45) is 2.82. The summed E-state index contributed by atoms with van der Waals surface area (Å²) in [5.41, 5.74) is 7.36. The number of nitrogens with one attached hydrogen (secondary N) is 1. The Balaban J connectivity index is 0.00000182. The van der Waals surface area contributed by atoms with Crippen LogP contribution in [0, 0.1) is 0 Å². The fourth-order valence-corrected chi connectivity index (χ4v) is 2.87. The Morgan fingerprint density at radius 3 is 2.52 bits per heavy atom. The number of aromatic nitrogens is 2. The van der Waals surface area contributed by atoms with E-state index in [4.69, 9.17) is 10.3 Å². The van der Waals surface area contributed by atoms with E-state index in [0.717, 1.165) is 30.4 Å². The zero-order valence-corrected chi connectivity index (χ0v) is 14.2. The van der Waals surface area contributed by atoms with Crippen LogP contribution in [0.3, 0.4) is 0 Å². The van der Waals surface area contributed by atoms with Crippen molar-refractivity contribution in [3.63, 3.8) is 0 Å². The number of benzene rings is 1. The van der Waals surface area contributed by atoms with Gasteiger partial charge in [-0.2, -0.15) is 4.98 Å². The lowest BCUT2D eigenvalue weighted by Gasteiger charge is -2.34. The second-order valence-corrected chi connectivity index (χ2v) is 6.27. The van der Waals surface area contributed by atoms with Gasteiger partial charge >= 0.3 is 6.03 Å². The molecule has 25 heavy (non-hydrogen) atoms. The number of halogens is 1. The number of nitrogens with two attached hydrogens (primary N) is 1. The van der Waals surface area contributed by atoms with E-state index in [1.807, 2.05) is 24.3 Å². The molecule has 1 saturated carbocycles. The molecule has 8 nitrogen and oxygen atoms in total. The standard InChI is InChI=1S/C16H17N5O3.ClH/c17-16(6-1-7-16)14-19-13(24-20-14)11-4-2-10(3-5-11)9-21-12(22)8-18-15(21)23;/h2-5H,1,6-9,17H2,(H,18,23);1H. The maximum Gasteiger partial charge on any atom is 0.324 e. The van der Waals surface area contributed by atoms with Gasteiger partial charge in [-0.1, -0.05) is 17.3 Å². The Morgan fingerprint density at radius 2 is 1.96 bits per heavy atom. The summed E-state index contributed by atoms with van der Waals surface area (Å²) in [5.74, 6) is 0.745. The molecule has 0 radical (unpaired) electrons. The number of urea groups is 1. The highest BCUT2D eigenvalue weighted by Gasteiger charge is 2.39. The first kappa shape index (κ1) is 17.4. The van der Waals surface area contributed by atoms with Crippen LogP contribution in [-0.4, -0.2) is 33.5 Å². The number of nitrogens with zero attached hydrogens (tertiary/aromatic N) is 3. The van der Waals surface area contributed by atoms with Crippen LogP contribution in [0.2, 0.25) is 0 Å². The monoisotopic (exact) mass is 363 g/mol. The number of hydrogen-bond donors (Lipinski definition) is 2. The van der Waals surface area contributed by atoms with Crippen molar-refractivity contribution in [2.75, 3.05) is 6.54 Å². The Morgan fingerprint density at radius 1 is 1.24 bits per heavy atom. The topological polar surface area (TPSA) is 114 Å². The van der Waals surface area contributed by atoms with E-state index in [1.165, 1.54) is 4.90 Å². The van der Waals surface area contributed by atoms with Gasteiger partial charge in [-0.15, -0.1) is 12.4 Å². The lowest BCUT2D eigenvalue weighted by molar-refractivity contribution is -0.125. The minimum Gasteiger partial charge on any atom is -0.334 e. The normalized spacial score (nSPS) is 18.5. The molecule has 0 unspecified atom stereocenters. The third-order valence-corrected chi connectivity index (χ3v) is 4.60. The molecule has 2 heterocycles. The minimum atomic E-state index is -0.453.